The summed E-state index contributed by atoms with van der Waals surface area (Å²) in [6.07, 6.45) is 3.52. The van der Waals surface area contributed by atoms with E-state index in [4.69, 9.17) is 4.74 Å². The van der Waals surface area contributed by atoms with Crippen molar-refractivity contribution in [3.8, 4) is 0 Å². The van der Waals surface area contributed by atoms with E-state index in [1.165, 1.54) is 6.92 Å². The molecule has 0 spiro atoms. The molecule has 0 bridgehead atoms. The lowest BCUT2D eigenvalue weighted by Crippen LogP contribution is -2.19. The van der Waals surface area contributed by atoms with Crippen molar-refractivity contribution in [1.82, 2.24) is 0 Å². The van der Waals surface area contributed by atoms with Gasteiger partial charge in [-0.25, -0.2) is 0 Å². The number of hydrogen-bond donors (Lipinski definition) is 0. The Morgan fingerprint density at radius 1 is 1.37 bits per heavy atom. The second-order valence-corrected chi connectivity index (χ2v) is 5.34. The summed E-state index contributed by atoms with van der Waals surface area (Å²) >= 11 is 3.44. The van der Waals surface area contributed by atoms with Crippen LogP contribution in [0.1, 0.15) is 37.9 Å². The van der Waals surface area contributed by atoms with E-state index in [1.807, 2.05) is 30.3 Å². The zero-order valence-corrected chi connectivity index (χ0v) is 12.3. The van der Waals surface area contributed by atoms with Gasteiger partial charge in [0.25, 0.3) is 0 Å². The molecule has 1 aromatic carbocycles. The lowest BCUT2D eigenvalue weighted by atomic mass is 9.90. The van der Waals surface area contributed by atoms with Crippen molar-refractivity contribution in [3.63, 3.8) is 0 Å². The number of ketones is 1. The first-order valence-electron chi connectivity index (χ1n) is 6.24. The van der Waals surface area contributed by atoms with Gasteiger partial charge in [0, 0.05) is 29.0 Å². The fourth-order valence-corrected chi connectivity index (χ4v) is 2.67. The Morgan fingerprint density at radius 3 is 2.74 bits per heavy atom. The Balaban J connectivity index is 2.41. The maximum absolute atomic E-state index is 12.0. The summed E-state index contributed by atoms with van der Waals surface area (Å²) in [5, 5.41) is 0. The molecule has 1 unspecified atom stereocenters. The maximum atomic E-state index is 12.0. The number of carbonyl (C=O) groups excluding carboxylic acids is 2. The Hall–Kier alpha value is -1.42. The van der Waals surface area contributed by atoms with Crippen LogP contribution in [0.4, 0.5) is 0 Å². The first-order valence-corrected chi connectivity index (χ1v) is 7.04. The normalized spacial score (nSPS) is 16.7. The molecule has 0 radical (unpaired) electrons. The molecule has 0 fully saturated rings. The predicted molar refractivity (Wildman–Crippen MR) is 75.6 cm³/mol. The minimum atomic E-state index is -0.610. The third kappa shape index (κ3) is 3.32. The minimum Gasteiger partial charge on any atom is -0.453 e. The number of benzene rings is 1. The molecule has 1 aromatic rings. The van der Waals surface area contributed by atoms with E-state index in [1.54, 1.807) is 0 Å². The summed E-state index contributed by atoms with van der Waals surface area (Å²) in [5.74, 6) is -0.326. The van der Waals surface area contributed by atoms with Gasteiger partial charge in [0.1, 0.15) is 0 Å². The highest BCUT2D eigenvalue weighted by molar-refractivity contribution is 9.10. The topological polar surface area (TPSA) is 43.4 Å². The number of ether oxygens (including phenoxy) is 1. The molecule has 0 amide bonds. The first-order chi connectivity index (χ1) is 9.09. The van der Waals surface area contributed by atoms with E-state index < -0.39 is 6.10 Å². The molecule has 0 heterocycles. The third-order valence-corrected chi connectivity index (χ3v) is 3.77. The molecule has 3 nitrogen and oxygen atoms in total. The van der Waals surface area contributed by atoms with Crippen molar-refractivity contribution in [2.45, 2.75) is 32.3 Å². The third-order valence-electron chi connectivity index (χ3n) is 3.05. The van der Waals surface area contributed by atoms with Gasteiger partial charge in [-0.15, -0.1) is 0 Å². The molecule has 0 N–H and O–H groups in total. The van der Waals surface area contributed by atoms with Crippen molar-refractivity contribution >= 4 is 27.7 Å². The largest absolute Gasteiger partial charge is 0.453 e. The van der Waals surface area contributed by atoms with Crippen LogP contribution in [0.2, 0.25) is 0 Å². The van der Waals surface area contributed by atoms with Gasteiger partial charge in [-0.1, -0.05) is 40.2 Å². The molecule has 0 aliphatic heterocycles. The summed E-state index contributed by atoms with van der Waals surface area (Å²) in [6, 6.07) is 7.49. The van der Waals surface area contributed by atoms with Crippen LogP contribution in [0.5, 0.6) is 0 Å². The molecule has 1 atom stereocenters. The van der Waals surface area contributed by atoms with Gasteiger partial charge in [-0.05, 0) is 18.9 Å². The van der Waals surface area contributed by atoms with Gasteiger partial charge >= 0.3 is 5.97 Å². The van der Waals surface area contributed by atoms with Gasteiger partial charge in [-0.3, -0.25) is 9.59 Å². The Labute approximate surface area is 120 Å². The van der Waals surface area contributed by atoms with E-state index in [-0.39, 0.29) is 11.8 Å². The molecule has 1 aliphatic rings. The predicted octanol–water partition coefficient (Wildman–Crippen LogP) is 3.73. The van der Waals surface area contributed by atoms with E-state index in [9.17, 15) is 9.59 Å². The molecular weight excluding hydrogens is 308 g/mol. The molecule has 0 aromatic heterocycles. The zero-order chi connectivity index (χ0) is 13.8. The number of Topliss-reactive ketones (excluding diaryl/α,β-unsaturated/α-hetero) is 1. The van der Waals surface area contributed by atoms with Crippen molar-refractivity contribution in [1.29, 1.82) is 0 Å². The van der Waals surface area contributed by atoms with Crippen LogP contribution in [-0.4, -0.2) is 11.8 Å². The molecule has 2 rings (SSSR count). The smallest absolute Gasteiger partial charge is 0.303 e. The Morgan fingerprint density at radius 2 is 2.11 bits per heavy atom. The molecule has 100 valence electrons. The summed E-state index contributed by atoms with van der Waals surface area (Å²) in [6.45, 7) is 1.36. The second-order valence-electron chi connectivity index (χ2n) is 4.49. The van der Waals surface area contributed by atoms with Crippen molar-refractivity contribution < 1.29 is 14.3 Å². The SMILES string of the molecule is CC(=O)OC(C1=CCCCC1=O)c1ccccc1Br. The highest BCUT2D eigenvalue weighted by Crippen LogP contribution is 2.34. The van der Waals surface area contributed by atoms with Gasteiger partial charge in [0.15, 0.2) is 11.9 Å². The average molecular weight is 323 g/mol. The monoisotopic (exact) mass is 322 g/mol. The molecular formula is C15H15BrO3. The van der Waals surface area contributed by atoms with Gasteiger partial charge < -0.3 is 4.74 Å². The molecule has 0 saturated carbocycles. The van der Waals surface area contributed by atoms with Gasteiger partial charge in [-0.2, -0.15) is 0 Å². The quantitative estimate of drug-likeness (QED) is 0.796. The fraction of sp³-hybridized carbons (Fsp3) is 0.333. The first kappa shape index (κ1) is 14.0. The zero-order valence-electron chi connectivity index (χ0n) is 10.7. The van der Waals surface area contributed by atoms with Crippen LogP contribution >= 0.6 is 15.9 Å². The highest BCUT2D eigenvalue weighted by atomic mass is 79.9. The van der Waals surface area contributed by atoms with Crippen LogP contribution in [0.25, 0.3) is 0 Å². The second kappa shape index (κ2) is 6.15. The van der Waals surface area contributed by atoms with Crippen molar-refractivity contribution in [3.05, 3.63) is 46.0 Å². The van der Waals surface area contributed by atoms with Gasteiger partial charge in [0.05, 0.1) is 0 Å². The lowest BCUT2D eigenvalue weighted by molar-refractivity contribution is -0.145. The number of rotatable bonds is 3. The van der Waals surface area contributed by atoms with Crippen LogP contribution in [-0.2, 0) is 14.3 Å². The Bertz CT molecular complexity index is 534. The van der Waals surface area contributed by atoms with Crippen molar-refractivity contribution in [2.75, 3.05) is 0 Å². The van der Waals surface area contributed by atoms with Gasteiger partial charge in [0.2, 0.25) is 0 Å². The van der Waals surface area contributed by atoms with Crippen molar-refractivity contribution in [2.24, 2.45) is 0 Å². The summed E-state index contributed by atoms with van der Waals surface area (Å²) < 4.78 is 6.20. The van der Waals surface area contributed by atoms with E-state index in [0.29, 0.717) is 12.0 Å². The molecule has 0 saturated heterocycles. The van der Waals surface area contributed by atoms with E-state index in [2.05, 4.69) is 15.9 Å². The fourth-order valence-electron chi connectivity index (χ4n) is 2.18. The maximum Gasteiger partial charge on any atom is 0.303 e. The summed E-state index contributed by atoms with van der Waals surface area (Å²) in [5.41, 5.74) is 1.40. The number of allylic oxidation sites excluding steroid dienone is 1. The number of carbonyl (C=O) groups is 2. The summed E-state index contributed by atoms with van der Waals surface area (Å²) in [4.78, 5) is 23.3. The van der Waals surface area contributed by atoms with Crippen LogP contribution < -0.4 is 0 Å². The highest BCUT2D eigenvalue weighted by Gasteiger charge is 2.28. The van der Waals surface area contributed by atoms with Crippen LogP contribution in [0, 0.1) is 0 Å². The number of halogens is 1. The van der Waals surface area contributed by atoms with Crippen LogP contribution in [0.3, 0.4) is 0 Å². The minimum absolute atomic E-state index is 0.0632. The standard InChI is InChI=1S/C15H15BrO3/c1-10(17)19-15(11-6-2-4-8-13(11)16)12-7-3-5-9-14(12)18/h2,4,6-8,15H,3,5,9H2,1H3. The number of esters is 1. The average Bonchev–Trinajstić information content (AvgIpc) is 2.37. The van der Waals surface area contributed by atoms with E-state index in [0.717, 1.165) is 22.9 Å². The molecule has 4 heteroatoms. The lowest BCUT2D eigenvalue weighted by Gasteiger charge is -2.23. The van der Waals surface area contributed by atoms with Crippen LogP contribution in [0.15, 0.2) is 40.4 Å². The molecule has 1 aliphatic carbocycles. The number of hydrogen-bond acceptors (Lipinski definition) is 3. The Kier molecular flexibility index (Phi) is 4.53. The van der Waals surface area contributed by atoms with E-state index >= 15 is 0 Å². The molecule has 19 heavy (non-hydrogen) atoms. The summed E-state index contributed by atoms with van der Waals surface area (Å²) in [7, 11) is 0.